The lowest BCUT2D eigenvalue weighted by molar-refractivity contribution is -0.122. The van der Waals surface area contributed by atoms with Gasteiger partial charge in [-0.05, 0) is 34.6 Å². The van der Waals surface area contributed by atoms with Gasteiger partial charge in [-0.25, -0.2) is 0 Å². The summed E-state index contributed by atoms with van der Waals surface area (Å²) < 4.78 is 0. The molecule has 0 heterocycles. The number of hydrogen-bond acceptors (Lipinski definition) is 12. The molecule has 0 aromatic heterocycles. The van der Waals surface area contributed by atoms with Crippen LogP contribution in [0, 0.1) is 0 Å². The highest BCUT2D eigenvalue weighted by atomic mass is 16.2. The normalized spacial score (nSPS) is 15.6. The lowest BCUT2D eigenvalue weighted by Gasteiger charge is -2.18. The van der Waals surface area contributed by atoms with Crippen LogP contribution in [0.25, 0.3) is 0 Å². The second-order valence-electron chi connectivity index (χ2n) is 8.32. The minimum absolute atomic E-state index is 0.0203. The van der Waals surface area contributed by atoms with Crippen molar-refractivity contribution in [3.63, 3.8) is 0 Å². The van der Waals surface area contributed by atoms with E-state index in [1.165, 1.54) is 0 Å². The first-order valence-corrected chi connectivity index (χ1v) is 11.4. The number of ketones is 5. The second kappa shape index (κ2) is 17.2. The van der Waals surface area contributed by atoms with Crippen molar-refractivity contribution in [2.45, 2.75) is 64.8 Å². The monoisotopic (exact) mass is 484 g/mol. The van der Waals surface area contributed by atoms with Crippen LogP contribution in [0.5, 0.6) is 0 Å². The molecule has 7 N–H and O–H groups in total. The van der Waals surface area contributed by atoms with Crippen molar-refractivity contribution in [1.82, 2.24) is 26.6 Å². The maximum Gasteiger partial charge on any atom is 0.163 e. The van der Waals surface area contributed by atoms with E-state index in [2.05, 4.69) is 26.6 Å². The molecule has 34 heavy (non-hydrogen) atoms. The smallest absolute Gasteiger partial charge is 0.163 e. The summed E-state index contributed by atoms with van der Waals surface area (Å²) in [6, 6.07) is -2.77. The topological polar surface area (TPSA) is 189 Å². The molecule has 12 nitrogen and oxygen atoms in total. The van der Waals surface area contributed by atoms with Crippen molar-refractivity contribution in [2.75, 3.05) is 39.3 Å². The fraction of sp³-hybridized carbons (Fsp3) is 0.727. The van der Waals surface area contributed by atoms with Gasteiger partial charge in [-0.2, -0.15) is 0 Å². The van der Waals surface area contributed by atoms with Crippen molar-refractivity contribution in [3.8, 4) is 0 Å². The Balaban J connectivity index is 4.23. The van der Waals surface area contributed by atoms with Crippen molar-refractivity contribution in [3.05, 3.63) is 0 Å². The molecule has 0 amide bonds. The fourth-order valence-corrected chi connectivity index (χ4v) is 2.50. The van der Waals surface area contributed by atoms with Crippen LogP contribution in [0.1, 0.15) is 34.6 Å². The number of nitrogens with one attached hydrogen (secondary N) is 5. The minimum atomic E-state index is -0.623. The van der Waals surface area contributed by atoms with Gasteiger partial charge in [-0.3, -0.25) is 24.0 Å². The third-order valence-corrected chi connectivity index (χ3v) is 5.31. The van der Waals surface area contributed by atoms with Crippen LogP contribution >= 0.6 is 0 Å². The minimum Gasteiger partial charge on any atom is -0.324 e. The zero-order chi connectivity index (χ0) is 26.3. The molecule has 4 unspecified atom stereocenters. The predicted molar refractivity (Wildman–Crippen MR) is 127 cm³/mol. The van der Waals surface area contributed by atoms with E-state index in [0.29, 0.717) is 6.29 Å². The van der Waals surface area contributed by atoms with Gasteiger partial charge in [0.05, 0.1) is 69.5 Å². The van der Waals surface area contributed by atoms with Gasteiger partial charge in [0.25, 0.3) is 0 Å². The van der Waals surface area contributed by atoms with Crippen LogP contribution in [-0.2, 0) is 28.8 Å². The van der Waals surface area contributed by atoms with E-state index in [0.717, 1.165) is 0 Å². The zero-order valence-electron chi connectivity index (χ0n) is 20.7. The number of carbonyl (C=O) groups excluding carboxylic acids is 6. The van der Waals surface area contributed by atoms with Gasteiger partial charge in [0.2, 0.25) is 0 Å². The Morgan fingerprint density at radius 1 is 0.588 bits per heavy atom. The van der Waals surface area contributed by atoms with Gasteiger partial charge in [-0.15, -0.1) is 0 Å². The average molecular weight is 485 g/mol. The summed E-state index contributed by atoms with van der Waals surface area (Å²) in [5.74, 6) is -1.03. The molecule has 194 valence electrons. The van der Waals surface area contributed by atoms with Gasteiger partial charge in [0.1, 0.15) is 6.29 Å². The number of rotatable bonds is 21. The number of nitrogens with two attached hydrogens (primary N) is 1. The molecule has 0 saturated heterocycles. The molecule has 0 aliphatic rings. The largest absolute Gasteiger partial charge is 0.324 e. The lowest BCUT2D eigenvalue weighted by atomic mass is 10.1. The van der Waals surface area contributed by atoms with Crippen LogP contribution in [0.2, 0.25) is 0 Å². The van der Waals surface area contributed by atoms with Gasteiger partial charge < -0.3 is 37.1 Å². The number of aldehydes is 1. The Morgan fingerprint density at radius 2 is 0.912 bits per heavy atom. The summed E-state index contributed by atoms with van der Waals surface area (Å²) in [6.45, 7) is 7.84. The molecule has 0 rings (SSSR count). The Hall–Kier alpha value is -2.22. The highest BCUT2D eigenvalue weighted by Gasteiger charge is 2.20. The van der Waals surface area contributed by atoms with E-state index < -0.39 is 30.2 Å². The maximum absolute atomic E-state index is 12.3. The molecule has 0 saturated carbocycles. The van der Waals surface area contributed by atoms with Crippen LogP contribution in [-0.4, -0.2) is 105 Å². The number of Topliss-reactive ketones (excluding diaryl/α,β-unsaturated/α-hetero) is 5. The second-order valence-corrected chi connectivity index (χ2v) is 8.32. The van der Waals surface area contributed by atoms with E-state index in [1.807, 2.05) is 0 Å². The Labute approximate surface area is 200 Å². The molecule has 0 spiro atoms. The summed E-state index contributed by atoms with van der Waals surface area (Å²) in [5, 5.41) is 14.1. The fourth-order valence-electron chi connectivity index (χ4n) is 2.50. The van der Waals surface area contributed by atoms with Gasteiger partial charge in [0.15, 0.2) is 28.9 Å². The van der Waals surface area contributed by atoms with Crippen LogP contribution in [0.4, 0.5) is 0 Å². The molecule has 0 aromatic carbocycles. The molecule has 0 fully saturated rings. The average Bonchev–Trinajstić information content (AvgIpc) is 2.84. The van der Waals surface area contributed by atoms with Crippen LogP contribution in [0.3, 0.4) is 0 Å². The Morgan fingerprint density at radius 3 is 1.26 bits per heavy atom. The molecular weight excluding hydrogens is 444 g/mol. The van der Waals surface area contributed by atoms with Crippen LogP contribution < -0.4 is 32.3 Å². The van der Waals surface area contributed by atoms with Crippen molar-refractivity contribution >= 4 is 35.2 Å². The first-order valence-electron chi connectivity index (χ1n) is 11.4. The molecule has 0 radical (unpaired) electrons. The Kier molecular flexibility index (Phi) is 16.1. The first-order chi connectivity index (χ1) is 15.9. The van der Waals surface area contributed by atoms with Crippen molar-refractivity contribution in [2.24, 2.45) is 5.73 Å². The molecular formula is C22H40N6O6. The summed E-state index contributed by atoms with van der Waals surface area (Å²) in [4.78, 5) is 70.4. The lowest BCUT2D eigenvalue weighted by Crippen LogP contribution is -2.49. The molecule has 5 atom stereocenters. The molecule has 12 heteroatoms. The quantitative estimate of drug-likeness (QED) is 0.0901. The predicted octanol–water partition coefficient (Wildman–Crippen LogP) is -3.12. The SMILES string of the molecule is CC(NCC(=O)C(C)NCC(=O)C(C)NCC(=O)C(C)NCC(=O)CN[C@@H](C)C=O)C(=O)CN. The van der Waals surface area contributed by atoms with E-state index in [-0.39, 0.29) is 68.2 Å². The van der Waals surface area contributed by atoms with E-state index in [1.54, 1.807) is 34.6 Å². The van der Waals surface area contributed by atoms with Crippen molar-refractivity contribution in [1.29, 1.82) is 0 Å². The van der Waals surface area contributed by atoms with E-state index in [9.17, 15) is 28.8 Å². The summed E-state index contributed by atoms with van der Waals surface area (Å²) in [7, 11) is 0. The first kappa shape index (κ1) is 31.8. The van der Waals surface area contributed by atoms with Gasteiger partial charge >= 0.3 is 0 Å². The highest BCUT2D eigenvalue weighted by Crippen LogP contribution is 1.91. The van der Waals surface area contributed by atoms with Gasteiger partial charge in [-0.1, -0.05) is 0 Å². The zero-order valence-corrected chi connectivity index (χ0v) is 20.7. The third-order valence-electron chi connectivity index (χ3n) is 5.31. The molecule has 0 aromatic rings. The number of carbonyl (C=O) groups is 6. The Bertz CT molecular complexity index is 716. The van der Waals surface area contributed by atoms with E-state index in [4.69, 9.17) is 5.73 Å². The van der Waals surface area contributed by atoms with Crippen LogP contribution in [0.15, 0.2) is 0 Å². The summed E-state index contributed by atoms with van der Waals surface area (Å²) >= 11 is 0. The number of hydrogen-bond donors (Lipinski definition) is 6. The van der Waals surface area contributed by atoms with E-state index >= 15 is 0 Å². The molecule has 0 aliphatic carbocycles. The third kappa shape index (κ3) is 13.5. The standard InChI is InChI=1S/C22H40N6O6/c1-13(12-29)24-7-18(30)8-25-15(3)20(32)10-27-17(5)22(34)11-28-16(4)21(33)9-26-14(2)19(31)6-23/h12-17,24-28H,6-11,23H2,1-5H3/t13-,14?,15?,16?,17?/m0/s1. The molecule has 0 bridgehead atoms. The summed E-state index contributed by atoms with van der Waals surface area (Å²) in [6.07, 6.45) is 0.695. The van der Waals surface area contributed by atoms with Gasteiger partial charge in [0, 0.05) is 0 Å². The summed E-state index contributed by atoms with van der Waals surface area (Å²) in [5.41, 5.74) is 5.28. The van der Waals surface area contributed by atoms with Crippen molar-refractivity contribution < 1.29 is 28.8 Å². The highest BCUT2D eigenvalue weighted by molar-refractivity contribution is 5.91. The maximum atomic E-state index is 12.3. The molecule has 0 aliphatic heterocycles.